The molecule has 2 rings (SSSR count). The minimum absolute atomic E-state index is 0.221. The minimum Gasteiger partial charge on any atom is -0.480 e. The van der Waals surface area contributed by atoms with Crippen LogP contribution in [0.15, 0.2) is 18.2 Å². The Kier molecular flexibility index (Phi) is 5.63. The van der Waals surface area contributed by atoms with Gasteiger partial charge >= 0.3 is 5.97 Å². The van der Waals surface area contributed by atoms with Crippen molar-refractivity contribution in [1.82, 2.24) is 5.32 Å². The van der Waals surface area contributed by atoms with Crippen molar-refractivity contribution in [3.05, 3.63) is 23.8 Å². The fraction of sp³-hybridized carbons (Fsp3) is 0.500. The smallest absolute Gasteiger partial charge is 0.326 e. The number of amides is 1. The van der Waals surface area contributed by atoms with Crippen molar-refractivity contribution in [2.24, 2.45) is 0 Å². The number of carbonyl (C=O) groups is 2. The molecule has 0 saturated heterocycles. The van der Waals surface area contributed by atoms with E-state index in [0.29, 0.717) is 25.7 Å². The number of carboxylic acid groups (broad SMARTS) is 1. The largest absolute Gasteiger partial charge is 0.480 e. The van der Waals surface area contributed by atoms with Gasteiger partial charge in [0.2, 0.25) is 12.7 Å². The van der Waals surface area contributed by atoms with Gasteiger partial charge in [0.1, 0.15) is 6.04 Å². The summed E-state index contributed by atoms with van der Waals surface area (Å²) in [5.74, 6) is 0.272. The van der Waals surface area contributed by atoms with Crippen molar-refractivity contribution in [2.45, 2.75) is 45.1 Å². The van der Waals surface area contributed by atoms with Crippen LogP contribution < -0.4 is 14.8 Å². The number of aliphatic carboxylic acids is 1. The summed E-state index contributed by atoms with van der Waals surface area (Å²) in [5.41, 5.74) is 1.07. The predicted octanol–water partition coefficient (Wildman–Crippen LogP) is 2.11. The second kappa shape index (κ2) is 7.68. The third kappa shape index (κ3) is 4.38. The highest BCUT2D eigenvalue weighted by Gasteiger charge is 2.18. The first-order valence-electron chi connectivity index (χ1n) is 7.51. The molecule has 0 bridgehead atoms. The lowest BCUT2D eigenvalue weighted by Gasteiger charge is -2.13. The average Bonchev–Trinajstić information content (AvgIpc) is 2.94. The Balaban J connectivity index is 1.76. The molecule has 1 aromatic carbocycles. The summed E-state index contributed by atoms with van der Waals surface area (Å²) in [4.78, 5) is 22.8. The number of ether oxygens (including phenoxy) is 2. The maximum atomic E-state index is 11.8. The van der Waals surface area contributed by atoms with E-state index in [9.17, 15) is 9.59 Å². The van der Waals surface area contributed by atoms with Crippen molar-refractivity contribution in [3.8, 4) is 11.5 Å². The number of carbonyl (C=O) groups excluding carboxylic acids is 1. The summed E-state index contributed by atoms with van der Waals surface area (Å²) in [5, 5.41) is 11.6. The summed E-state index contributed by atoms with van der Waals surface area (Å²) in [6, 6.07) is 4.93. The van der Waals surface area contributed by atoms with E-state index in [1.54, 1.807) is 0 Å². The third-order valence-electron chi connectivity index (χ3n) is 3.52. The van der Waals surface area contributed by atoms with Crippen LogP contribution in [-0.2, 0) is 16.0 Å². The van der Waals surface area contributed by atoms with Crippen LogP contribution in [0.3, 0.4) is 0 Å². The lowest BCUT2D eigenvalue weighted by atomic mass is 10.1. The van der Waals surface area contributed by atoms with Gasteiger partial charge in [-0.1, -0.05) is 19.4 Å². The summed E-state index contributed by atoms with van der Waals surface area (Å²) < 4.78 is 10.5. The number of fused-ring (bicyclic) bond motifs is 1. The molecule has 1 unspecified atom stereocenters. The normalized spacial score (nSPS) is 13.7. The number of benzene rings is 1. The molecule has 1 heterocycles. The number of hydrogen-bond donors (Lipinski definition) is 2. The van der Waals surface area contributed by atoms with Gasteiger partial charge in [-0.2, -0.15) is 0 Å². The molecule has 0 spiro atoms. The minimum atomic E-state index is -0.981. The second-order valence-corrected chi connectivity index (χ2v) is 5.29. The molecule has 1 aromatic rings. The highest BCUT2D eigenvalue weighted by atomic mass is 16.7. The summed E-state index contributed by atoms with van der Waals surface area (Å²) >= 11 is 0. The van der Waals surface area contributed by atoms with Crippen LogP contribution in [-0.4, -0.2) is 29.8 Å². The van der Waals surface area contributed by atoms with Gasteiger partial charge in [0.15, 0.2) is 11.5 Å². The Labute approximate surface area is 129 Å². The number of hydrogen-bond acceptors (Lipinski definition) is 4. The van der Waals surface area contributed by atoms with Gasteiger partial charge < -0.3 is 19.9 Å². The molecule has 0 aliphatic carbocycles. The summed E-state index contributed by atoms with van der Waals surface area (Å²) in [6.45, 7) is 2.14. The van der Waals surface area contributed by atoms with Gasteiger partial charge in [0.05, 0.1) is 0 Å². The van der Waals surface area contributed by atoms with Crippen molar-refractivity contribution < 1.29 is 24.2 Å². The molecule has 1 amide bonds. The van der Waals surface area contributed by atoms with Gasteiger partial charge in [0, 0.05) is 6.42 Å². The van der Waals surface area contributed by atoms with Gasteiger partial charge in [0.25, 0.3) is 0 Å². The standard InChI is InChI=1S/C16H21NO5/c1-2-4-12(16(19)20)17-15(18)6-3-5-11-7-8-13-14(9-11)22-10-21-13/h7-9,12H,2-6,10H2,1H3,(H,17,18)(H,19,20). The molecule has 6 nitrogen and oxygen atoms in total. The van der Waals surface area contributed by atoms with E-state index in [4.69, 9.17) is 14.6 Å². The van der Waals surface area contributed by atoms with Gasteiger partial charge in [-0.3, -0.25) is 4.79 Å². The van der Waals surface area contributed by atoms with Crippen LogP contribution in [0.25, 0.3) is 0 Å². The third-order valence-corrected chi connectivity index (χ3v) is 3.52. The zero-order valence-electron chi connectivity index (χ0n) is 12.6. The SMILES string of the molecule is CCCC(NC(=O)CCCc1ccc2c(c1)OCO2)C(=O)O. The van der Waals surface area contributed by atoms with Gasteiger partial charge in [-0.25, -0.2) is 4.79 Å². The van der Waals surface area contributed by atoms with Crippen molar-refractivity contribution in [2.75, 3.05) is 6.79 Å². The van der Waals surface area contributed by atoms with Crippen LogP contribution in [0, 0.1) is 0 Å². The lowest BCUT2D eigenvalue weighted by molar-refractivity contribution is -0.142. The van der Waals surface area contributed by atoms with E-state index in [1.807, 2.05) is 25.1 Å². The monoisotopic (exact) mass is 307 g/mol. The van der Waals surface area contributed by atoms with E-state index in [0.717, 1.165) is 23.5 Å². The highest BCUT2D eigenvalue weighted by Crippen LogP contribution is 2.32. The first kappa shape index (κ1) is 16.1. The van der Waals surface area contributed by atoms with Crippen LogP contribution in [0.5, 0.6) is 11.5 Å². The molecular weight excluding hydrogens is 286 g/mol. The topological polar surface area (TPSA) is 84.9 Å². The van der Waals surface area contributed by atoms with E-state index in [-0.39, 0.29) is 12.7 Å². The Bertz CT molecular complexity index is 543. The van der Waals surface area contributed by atoms with Gasteiger partial charge in [-0.05, 0) is 37.0 Å². The number of nitrogens with one attached hydrogen (secondary N) is 1. The molecule has 0 radical (unpaired) electrons. The van der Waals surface area contributed by atoms with Crippen LogP contribution in [0.2, 0.25) is 0 Å². The van der Waals surface area contributed by atoms with E-state index in [2.05, 4.69) is 5.32 Å². The number of aryl methyl sites for hydroxylation is 1. The van der Waals surface area contributed by atoms with Crippen LogP contribution in [0.4, 0.5) is 0 Å². The maximum absolute atomic E-state index is 11.8. The second-order valence-electron chi connectivity index (χ2n) is 5.29. The van der Waals surface area contributed by atoms with E-state index < -0.39 is 12.0 Å². The molecule has 0 aromatic heterocycles. The molecule has 1 atom stereocenters. The highest BCUT2D eigenvalue weighted by molar-refractivity contribution is 5.83. The Hall–Kier alpha value is -2.24. The summed E-state index contributed by atoms with van der Waals surface area (Å²) in [7, 11) is 0. The van der Waals surface area contributed by atoms with Crippen molar-refractivity contribution in [1.29, 1.82) is 0 Å². The first-order valence-corrected chi connectivity index (χ1v) is 7.51. The Morgan fingerprint density at radius 1 is 1.32 bits per heavy atom. The zero-order chi connectivity index (χ0) is 15.9. The lowest BCUT2D eigenvalue weighted by Crippen LogP contribution is -2.40. The maximum Gasteiger partial charge on any atom is 0.326 e. The Morgan fingerprint density at radius 2 is 2.09 bits per heavy atom. The predicted molar refractivity (Wildman–Crippen MR) is 80.0 cm³/mol. The van der Waals surface area contributed by atoms with Crippen LogP contribution in [0.1, 0.15) is 38.2 Å². The molecule has 2 N–H and O–H groups in total. The van der Waals surface area contributed by atoms with E-state index >= 15 is 0 Å². The quantitative estimate of drug-likeness (QED) is 0.768. The average molecular weight is 307 g/mol. The molecule has 6 heteroatoms. The first-order chi connectivity index (χ1) is 10.6. The molecule has 1 aliphatic heterocycles. The molecule has 22 heavy (non-hydrogen) atoms. The van der Waals surface area contributed by atoms with Crippen molar-refractivity contribution in [3.63, 3.8) is 0 Å². The van der Waals surface area contributed by atoms with Gasteiger partial charge in [-0.15, -0.1) is 0 Å². The number of carboxylic acids is 1. The molecular formula is C16H21NO5. The number of rotatable bonds is 8. The Morgan fingerprint density at radius 3 is 2.82 bits per heavy atom. The molecule has 0 saturated carbocycles. The summed E-state index contributed by atoms with van der Waals surface area (Å²) in [6.07, 6.45) is 2.86. The fourth-order valence-electron chi connectivity index (χ4n) is 2.36. The van der Waals surface area contributed by atoms with Crippen molar-refractivity contribution >= 4 is 11.9 Å². The van der Waals surface area contributed by atoms with E-state index in [1.165, 1.54) is 0 Å². The zero-order valence-corrected chi connectivity index (χ0v) is 12.6. The van der Waals surface area contributed by atoms with Crippen LogP contribution >= 0.6 is 0 Å². The molecule has 120 valence electrons. The fourth-order valence-corrected chi connectivity index (χ4v) is 2.36. The molecule has 1 aliphatic rings. The molecule has 0 fully saturated rings.